The Morgan fingerprint density at radius 3 is 2.75 bits per heavy atom. The van der Waals surface area contributed by atoms with Gasteiger partial charge in [0.15, 0.2) is 0 Å². The normalized spacial score (nSPS) is 9.95. The highest BCUT2D eigenvalue weighted by Crippen LogP contribution is 2.15. The van der Waals surface area contributed by atoms with Gasteiger partial charge in [0.1, 0.15) is 0 Å². The zero-order valence-electron chi connectivity index (χ0n) is 11.1. The zero-order chi connectivity index (χ0) is 15.0. The van der Waals surface area contributed by atoms with Crippen LogP contribution >= 0.6 is 11.6 Å². The van der Waals surface area contributed by atoms with Crippen LogP contribution in [0, 0.1) is 0 Å². The van der Waals surface area contributed by atoms with E-state index in [9.17, 15) is 9.59 Å². The van der Waals surface area contributed by atoms with E-state index in [1.54, 1.807) is 24.3 Å². The fourth-order valence-electron chi connectivity index (χ4n) is 1.53. The van der Waals surface area contributed by atoms with Gasteiger partial charge < -0.3 is 20.1 Å². The van der Waals surface area contributed by atoms with E-state index in [0.717, 1.165) is 0 Å². The molecule has 0 saturated heterocycles. The minimum Gasteiger partial charge on any atom is -0.469 e. The Morgan fingerprint density at radius 1 is 1.40 bits per heavy atom. The Balaban J connectivity index is 2.61. The van der Waals surface area contributed by atoms with E-state index in [1.807, 2.05) is 0 Å². The number of carbonyl (C=O) groups excluding carboxylic acids is 2. The summed E-state index contributed by atoms with van der Waals surface area (Å²) in [6, 6.07) is 6.30. The molecule has 20 heavy (non-hydrogen) atoms. The molecule has 1 rings (SSSR count). The molecule has 1 aromatic rings. The molecule has 0 spiro atoms. The number of anilines is 1. The molecular formula is C13H17ClN2O4. The van der Waals surface area contributed by atoms with Gasteiger partial charge in [0.05, 0.1) is 20.1 Å². The second-order valence-corrected chi connectivity index (χ2v) is 4.41. The lowest BCUT2D eigenvalue weighted by atomic mass is 10.3. The van der Waals surface area contributed by atoms with Crippen molar-refractivity contribution in [3.8, 4) is 0 Å². The third-order valence-electron chi connectivity index (χ3n) is 2.55. The van der Waals surface area contributed by atoms with Crippen molar-refractivity contribution >= 4 is 29.3 Å². The third-order valence-corrected chi connectivity index (χ3v) is 2.78. The Bertz CT molecular complexity index is 467. The van der Waals surface area contributed by atoms with E-state index in [0.29, 0.717) is 10.7 Å². The Hall–Kier alpha value is -1.79. The van der Waals surface area contributed by atoms with Gasteiger partial charge in [-0.1, -0.05) is 17.7 Å². The summed E-state index contributed by atoms with van der Waals surface area (Å²) in [4.78, 5) is 24.4. The lowest BCUT2D eigenvalue weighted by Crippen LogP contribution is -2.38. The minimum atomic E-state index is -0.413. The fraction of sp³-hybridized carbons (Fsp3) is 0.385. The number of amides is 2. The van der Waals surface area contributed by atoms with Gasteiger partial charge in [0.2, 0.25) is 0 Å². The van der Waals surface area contributed by atoms with Gasteiger partial charge in [0.25, 0.3) is 0 Å². The summed E-state index contributed by atoms with van der Waals surface area (Å²) in [7, 11) is 1.28. The predicted molar refractivity (Wildman–Crippen MR) is 75.8 cm³/mol. The topological polar surface area (TPSA) is 78.9 Å². The van der Waals surface area contributed by atoms with Crippen LogP contribution in [0.5, 0.6) is 0 Å². The number of halogens is 1. The molecule has 110 valence electrons. The average molecular weight is 301 g/mol. The molecule has 2 N–H and O–H groups in total. The van der Waals surface area contributed by atoms with Crippen LogP contribution in [0.4, 0.5) is 10.5 Å². The number of benzene rings is 1. The first-order chi connectivity index (χ1) is 9.56. The largest absolute Gasteiger partial charge is 0.469 e. The number of esters is 1. The Morgan fingerprint density at radius 2 is 2.15 bits per heavy atom. The van der Waals surface area contributed by atoms with Crippen molar-refractivity contribution in [3.05, 3.63) is 29.3 Å². The van der Waals surface area contributed by atoms with Crippen LogP contribution in [0.25, 0.3) is 0 Å². The van der Waals surface area contributed by atoms with Crippen molar-refractivity contribution in [1.29, 1.82) is 0 Å². The molecule has 0 aliphatic carbocycles. The van der Waals surface area contributed by atoms with Gasteiger partial charge in [-0.25, -0.2) is 4.79 Å². The molecule has 0 aliphatic heterocycles. The van der Waals surface area contributed by atoms with Gasteiger partial charge in [-0.2, -0.15) is 0 Å². The van der Waals surface area contributed by atoms with Crippen LogP contribution in [-0.4, -0.2) is 48.8 Å². The molecule has 0 aliphatic rings. The second kappa shape index (κ2) is 8.39. The molecule has 0 heterocycles. The van der Waals surface area contributed by atoms with E-state index >= 15 is 0 Å². The summed E-state index contributed by atoms with van der Waals surface area (Å²) in [6.45, 7) is 0.104. The molecule has 0 saturated carbocycles. The molecular weight excluding hydrogens is 284 g/mol. The summed E-state index contributed by atoms with van der Waals surface area (Å²) in [5.74, 6) is -0.413. The minimum absolute atomic E-state index is 0.0689. The maximum Gasteiger partial charge on any atom is 0.321 e. The molecule has 0 aromatic heterocycles. The lowest BCUT2D eigenvalue weighted by Gasteiger charge is -2.21. The molecule has 0 unspecified atom stereocenters. The lowest BCUT2D eigenvalue weighted by molar-refractivity contribution is -0.140. The van der Waals surface area contributed by atoms with Gasteiger partial charge in [-0.15, -0.1) is 0 Å². The van der Waals surface area contributed by atoms with E-state index in [1.165, 1.54) is 12.0 Å². The molecule has 0 atom stereocenters. The number of ether oxygens (including phenoxy) is 1. The highest BCUT2D eigenvalue weighted by Gasteiger charge is 2.15. The first-order valence-corrected chi connectivity index (χ1v) is 6.43. The highest BCUT2D eigenvalue weighted by atomic mass is 35.5. The van der Waals surface area contributed by atoms with E-state index in [2.05, 4.69) is 10.1 Å². The number of urea groups is 1. The van der Waals surface area contributed by atoms with Crippen molar-refractivity contribution in [2.45, 2.75) is 6.42 Å². The Kier molecular flexibility index (Phi) is 6.83. The van der Waals surface area contributed by atoms with Crippen LogP contribution in [0.3, 0.4) is 0 Å². The zero-order valence-corrected chi connectivity index (χ0v) is 11.9. The summed E-state index contributed by atoms with van der Waals surface area (Å²) in [6.07, 6.45) is 0.0689. The number of methoxy groups -OCH3 is 1. The van der Waals surface area contributed by atoms with E-state index < -0.39 is 12.0 Å². The van der Waals surface area contributed by atoms with Crippen molar-refractivity contribution in [3.63, 3.8) is 0 Å². The second-order valence-electron chi connectivity index (χ2n) is 3.98. The van der Waals surface area contributed by atoms with Gasteiger partial charge >= 0.3 is 12.0 Å². The molecule has 6 nitrogen and oxygen atoms in total. The summed E-state index contributed by atoms with van der Waals surface area (Å²) < 4.78 is 4.52. The fourth-order valence-corrected chi connectivity index (χ4v) is 1.72. The summed E-state index contributed by atoms with van der Waals surface area (Å²) >= 11 is 5.82. The van der Waals surface area contributed by atoms with Crippen molar-refractivity contribution in [2.75, 3.05) is 32.1 Å². The van der Waals surface area contributed by atoms with E-state index in [-0.39, 0.29) is 26.1 Å². The van der Waals surface area contributed by atoms with Gasteiger partial charge in [0, 0.05) is 23.8 Å². The smallest absolute Gasteiger partial charge is 0.321 e. The molecule has 7 heteroatoms. The Labute approximate surface area is 122 Å². The molecule has 0 bridgehead atoms. The van der Waals surface area contributed by atoms with Gasteiger partial charge in [-0.05, 0) is 18.2 Å². The number of hydrogen-bond acceptors (Lipinski definition) is 4. The number of nitrogens with one attached hydrogen (secondary N) is 1. The summed E-state index contributed by atoms with van der Waals surface area (Å²) in [5.41, 5.74) is 0.545. The number of rotatable bonds is 6. The maximum atomic E-state index is 12.0. The van der Waals surface area contributed by atoms with Crippen molar-refractivity contribution in [1.82, 2.24) is 4.90 Å². The molecule has 0 fully saturated rings. The van der Waals surface area contributed by atoms with Crippen LogP contribution in [0.2, 0.25) is 5.02 Å². The highest BCUT2D eigenvalue weighted by molar-refractivity contribution is 6.30. The van der Waals surface area contributed by atoms with E-state index in [4.69, 9.17) is 16.7 Å². The monoisotopic (exact) mass is 300 g/mol. The van der Waals surface area contributed by atoms with Crippen LogP contribution in [0.1, 0.15) is 6.42 Å². The number of hydrogen-bond donors (Lipinski definition) is 2. The maximum absolute atomic E-state index is 12.0. The molecule has 2 amide bonds. The van der Waals surface area contributed by atoms with Crippen molar-refractivity contribution in [2.24, 2.45) is 0 Å². The molecule has 0 radical (unpaired) electrons. The number of aliphatic hydroxyl groups is 1. The standard InChI is InChI=1S/C13H17ClN2O4/c1-20-12(18)5-6-16(7-8-17)13(19)15-11-4-2-3-10(14)9-11/h2-4,9,17H,5-8H2,1H3,(H,15,19). The number of nitrogens with zero attached hydrogens (tertiary/aromatic N) is 1. The first kappa shape index (κ1) is 16.3. The SMILES string of the molecule is COC(=O)CCN(CCO)C(=O)Nc1cccc(Cl)c1. The van der Waals surface area contributed by atoms with Crippen molar-refractivity contribution < 1.29 is 19.4 Å². The number of aliphatic hydroxyl groups excluding tert-OH is 1. The third kappa shape index (κ3) is 5.46. The first-order valence-electron chi connectivity index (χ1n) is 6.06. The quantitative estimate of drug-likeness (QED) is 0.784. The molecule has 1 aromatic carbocycles. The predicted octanol–water partition coefficient (Wildman–Crippen LogP) is 1.73. The van der Waals surface area contributed by atoms with Crippen LogP contribution in [0.15, 0.2) is 24.3 Å². The van der Waals surface area contributed by atoms with Gasteiger partial charge in [-0.3, -0.25) is 4.79 Å². The summed E-state index contributed by atoms with van der Waals surface area (Å²) in [5, 5.41) is 12.1. The average Bonchev–Trinajstić information content (AvgIpc) is 2.42. The van der Waals surface area contributed by atoms with Crippen LogP contribution < -0.4 is 5.32 Å². The van der Waals surface area contributed by atoms with Crippen LogP contribution in [-0.2, 0) is 9.53 Å². The number of carbonyl (C=O) groups is 2.